The monoisotopic (exact) mass is 264 g/mol. The average molecular weight is 264 g/mol. The van der Waals surface area contributed by atoms with Gasteiger partial charge in [0.15, 0.2) is 0 Å². The number of nitrogens with two attached hydrogens (primary N) is 1. The van der Waals surface area contributed by atoms with Gasteiger partial charge in [0, 0.05) is 25.9 Å². The molecule has 1 rings (SSSR count). The lowest BCUT2D eigenvalue weighted by Crippen LogP contribution is -2.37. The van der Waals surface area contributed by atoms with Crippen molar-refractivity contribution < 1.29 is 4.74 Å². The van der Waals surface area contributed by atoms with Crippen molar-refractivity contribution in [1.82, 2.24) is 5.43 Å². The van der Waals surface area contributed by atoms with Crippen molar-refractivity contribution in [2.24, 2.45) is 10.8 Å². The Bertz CT molecular complexity index is 418. The second kappa shape index (κ2) is 8.50. The topological polar surface area (TPSA) is 71.7 Å². The van der Waals surface area contributed by atoms with Crippen LogP contribution in [0.5, 0.6) is 0 Å². The van der Waals surface area contributed by atoms with E-state index in [0.29, 0.717) is 19.1 Å². The predicted molar refractivity (Wildman–Crippen MR) is 80.3 cm³/mol. The highest BCUT2D eigenvalue weighted by molar-refractivity contribution is 5.94. The van der Waals surface area contributed by atoms with Gasteiger partial charge in [-0.15, -0.1) is 0 Å². The Balaban J connectivity index is 2.75. The molecular formula is C14H24N4O. The molecule has 0 bridgehead atoms. The van der Waals surface area contributed by atoms with Crippen molar-refractivity contribution in [2.75, 3.05) is 25.6 Å². The van der Waals surface area contributed by atoms with Crippen LogP contribution in [0.4, 0.5) is 5.69 Å². The fourth-order valence-corrected chi connectivity index (χ4v) is 1.84. The van der Waals surface area contributed by atoms with Crippen molar-refractivity contribution in [2.45, 2.75) is 26.7 Å². The third-order valence-corrected chi connectivity index (χ3v) is 2.90. The number of aryl methyl sites for hydroxylation is 2. The van der Waals surface area contributed by atoms with E-state index in [0.717, 1.165) is 18.5 Å². The number of benzene rings is 1. The first-order valence-corrected chi connectivity index (χ1v) is 6.58. The quantitative estimate of drug-likeness (QED) is 0.241. The fraction of sp³-hybridized carbons (Fsp3) is 0.500. The maximum absolute atomic E-state index is 5.50. The first-order valence-electron chi connectivity index (χ1n) is 6.58. The molecule has 0 spiro atoms. The molecule has 0 aliphatic rings. The van der Waals surface area contributed by atoms with Gasteiger partial charge in [-0.3, -0.25) is 10.4 Å². The van der Waals surface area contributed by atoms with Crippen LogP contribution in [-0.4, -0.2) is 26.2 Å². The van der Waals surface area contributed by atoms with E-state index < -0.39 is 0 Å². The second-order valence-corrected chi connectivity index (χ2v) is 4.31. The van der Waals surface area contributed by atoms with Gasteiger partial charge >= 0.3 is 0 Å². The van der Waals surface area contributed by atoms with Crippen LogP contribution in [0.1, 0.15) is 24.5 Å². The zero-order chi connectivity index (χ0) is 14.1. The molecule has 0 saturated heterocycles. The number of nitrogens with one attached hydrogen (secondary N) is 2. The number of hydrogen-bond acceptors (Lipinski definition) is 3. The van der Waals surface area contributed by atoms with Crippen LogP contribution >= 0.6 is 0 Å². The number of ether oxygens (including phenoxy) is 1. The summed E-state index contributed by atoms with van der Waals surface area (Å²) in [6.07, 6.45) is 1.84. The molecule has 0 aliphatic carbocycles. The van der Waals surface area contributed by atoms with E-state index in [4.69, 9.17) is 10.6 Å². The third-order valence-electron chi connectivity index (χ3n) is 2.90. The number of methoxy groups -OCH3 is 1. The zero-order valence-electron chi connectivity index (χ0n) is 12.0. The minimum absolute atomic E-state index is 0.583. The Labute approximate surface area is 115 Å². The van der Waals surface area contributed by atoms with Crippen molar-refractivity contribution >= 4 is 11.6 Å². The predicted octanol–water partition coefficient (Wildman–Crippen LogP) is 1.83. The van der Waals surface area contributed by atoms with E-state index in [1.165, 1.54) is 11.1 Å². The molecule has 0 radical (unpaired) electrons. The van der Waals surface area contributed by atoms with Crippen LogP contribution in [0.15, 0.2) is 23.2 Å². The molecule has 19 heavy (non-hydrogen) atoms. The third kappa shape index (κ3) is 4.89. The van der Waals surface area contributed by atoms with Crippen LogP contribution in [0.3, 0.4) is 0 Å². The molecule has 0 aromatic heterocycles. The number of aliphatic imine (C=N–C) groups is 1. The van der Waals surface area contributed by atoms with Gasteiger partial charge in [-0.1, -0.05) is 25.1 Å². The van der Waals surface area contributed by atoms with Crippen molar-refractivity contribution in [3.8, 4) is 0 Å². The lowest BCUT2D eigenvalue weighted by atomic mass is 10.1. The maximum atomic E-state index is 5.50. The summed E-state index contributed by atoms with van der Waals surface area (Å²) in [5, 5.41) is 3.27. The minimum Gasteiger partial charge on any atom is -0.385 e. The molecule has 5 nitrogen and oxygen atoms in total. The number of anilines is 1. The van der Waals surface area contributed by atoms with Crippen molar-refractivity contribution in [3.05, 3.63) is 29.3 Å². The van der Waals surface area contributed by atoms with Crippen LogP contribution < -0.4 is 16.6 Å². The van der Waals surface area contributed by atoms with Crippen LogP contribution in [0, 0.1) is 6.92 Å². The zero-order valence-corrected chi connectivity index (χ0v) is 12.0. The summed E-state index contributed by atoms with van der Waals surface area (Å²) in [5.41, 5.74) is 6.11. The SMILES string of the molecule is CCc1cccc(C)c1NC(=NCCCOC)NN. The molecule has 5 heteroatoms. The normalized spacial score (nSPS) is 11.5. The van der Waals surface area contributed by atoms with Gasteiger partial charge in [-0.2, -0.15) is 0 Å². The first kappa shape index (κ1) is 15.5. The highest BCUT2D eigenvalue weighted by atomic mass is 16.5. The van der Waals surface area contributed by atoms with Crippen LogP contribution in [-0.2, 0) is 11.2 Å². The summed E-state index contributed by atoms with van der Waals surface area (Å²) in [4.78, 5) is 4.38. The molecule has 106 valence electrons. The Morgan fingerprint density at radius 3 is 2.84 bits per heavy atom. The molecule has 0 amide bonds. The summed E-state index contributed by atoms with van der Waals surface area (Å²) in [6.45, 7) is 5.57. The number of para-hydroxylation sites is 1. The van der Waals surface area contributed by atoms with Gasteiger partial charge in [-0.05, 0) is 30.9 Å². The second-order valence-electron chi connectivity index (χ2n) is 4.31. The summed E-state index contributed by atoms with van der Waals surface area (Å²) < 4.78 is 4.99. The van der Waals surface area contributed by atoms with Gasteiger partial charge in [0.2, 0.25) is 5.96 Å². The number of nitrogens with zero attached hydrogens (tertiary/aromatic N) is 1. The van der Waals surface area contributed by atoms with Crippen LogP contribution in [0.2, 0.25) is 0 Å². The number of hydrogen-bond donors (Lipinski definition) is 3. The van der Waals surface area contributed by atoms with Gasteiger partial charge in [-0.25, -0.2) is 5.84 Å². The molecule has 0 saturated carbocycles. The smallest absolute Gasteiger partial charge is 0.210 e. The Kier molecular flexibility index (Phi) is 6.92. The highest BCUT2D eigenvalue weighted by Gasteiger charge is 2.06. The van der Waals surface area contributed by atoms with Crippen molar-refractivity contribution in [1.29, 1.82) is 0 Å². The molecule has 4 N–H and O–H groups in total. The van der Waals surface area contributed by atoms with E-state index >= 15 is 0 Å². The molecule has 0 heterocycles. The lowest BCUT2D eigenvalue weighted by Gasteiger charge is -2.15. The molecular weight excluding hydrogens is 240 g/mol. The minimum atomic E-state index is 0.583. The molecule has 0 fully saturated rings. The van der Waals surface area contributed by atoms with Crippen molar-refractivity contribution in [3.63, 3.8) is 0 Å². The number of guanidine groups is 1. The fourth-order valence-electron chi connectivity index (χ4n) is 1.84. The highest BCUT2D eigenvalue weighted by Crippen LogP contribution is 2.20. The van der Waals surface area contributed by atoms with Gasteiger partial charge in [0.1, 0.15) is 0 Å². The number of rotatable bonds is 6. The summed E-state index contributed by atoms with van der Waals surface area (Å²) in [7, 11) is 1.69. The molecule has 1 aromatic rings. The average Bonchev–Trinajstić information content (AvgIpc) is 2.43. The standard InChI is InChI=1S/C14H24N4O/c1-4-12-8-5-7-11(2)13(12)17-14(18-15)16-9-6-10-19-3/h5,7-8H,4,6,9-10,15H2,1-3H3,(H2,16,17,18). The Morgan fingerprint density at radius 2 is 2.21 bits per heavy atom. The summed E-state index contributed by atoms with van der Waals surface area (Å²) >= 11 is 0. The maximum Gasteiger partial charge on any atom is 0.210 e. The van der Waals surface area contributed by atoms with E-state index in [2.05, 4.69) is 47.8 Å². The summed E-state index contributed by atoms with van der Waals surface area (Å²) in [5.74, 6) is 6.09. The first-order chi connectivity index (χ1) is 9.22. The molecule has 0 unspecified atom stereocenters. The van der Waals surface area contributed by atoms with E-state index in [9.17, 15) is 0 Å². The molecule has 1 aromatic carbocycles. The van der Waals surface area contributed by atoms with E-state index in [-0.39, 0.29) is 0 Å². The lowest BCUT2D eigenvalue weighted by molar-refractivity contribution is 0.197. The van der Waals surface area contributed by atoms with Gasteiger partial charge in [0.05, 0.1) is 0 Å². The van der Waals surface area contributed by atoms with Gasteiger partial charge in [0.25, 0.3) is 0 Å². The van der Waals surface area contributed by atoms with E-state index in [1.807, 2.05) is 0 Å². The summed E-state index contributed by atoms with van der Waals surface area (Å²) in [6, 6.07) is 6.24. The Morgan fingerprint density at radius 1 is 1.42 bits per heavy atom. The largest absolute Gasteiger partial charge is 0.385 e. The van der Waals surface area contributed by atoms with Crippen LogP contribution in [0.25, 0.3) is 0 Å². The Hall–Kier alpha value is -1.59. The van der Waals surface area contributed by atoms with E-state index in [1.54, 1.807) is 7.11 Å². The number of hydrazine groups is 1. The molecule has 0 atom stereocenters. The van der Waals surface area contributed by atoms with Gasteiger partial charge < -0.3 is 10.1 Å². The molecule has 0 aliphatic heterocycles.